The van der Waals surface area contributed by atoms with Crippen LogP contribution in [0.15, 0.2) is 24.3 Å². The van der Waals surface area contributed by atoms with Crippen molar-refractivity contribution in [2.75, 3.05) is 5.32 Å². The Morgan fingerprint density at radius 2 is 1.83 bits per heavy atom. The van der Waals surface area contributed by atoms with Crippen molar-refractivity contribution in [1.29, 1.82) is 0 Å². The Kier molecular flexibility index (Phi) is 8.15. The molecule has 0 aliphatic carbocycles. The summed E-state index contributed by atoms with van der Waals surface area (Å²) in [5.74, 6) is -0.116. The average Bonchev–Trinajstić information content (AvgIpc) is 2.51. The molecule has 0 fully saturated rings. The van der Waals surface area contributed by atoms with Gasteiger partial charge in [0, 0.05) is 11.7 Å². The van der Waals surface area contributed by atoms with Gasteiger partial charge in [0.25, 0.3) is 0 Å². The smallest absolute Gasteiger partial charge is 0.311 e. The molecular weight excluding hydrogens is 286 g/mol. The van der Waals surface area contributed by atoms with Gasteiger partial charge in [0.1, 0.15) is 6.61 Å². The number of hydrogen-bond donors (Lipinski definition) is 1. The normalized spacial score (nSPS) is 12.7. The zero-order chi connectivity index (χ0) is 17.3. The standard InChI is InChI=1S/C20H33NO2/c1-6-8-9-16(3)21-18-12-10-17(11-13-18)15-23-19(22)20(4,5)14-7-2/h10-13,16,21H,6-9,14-15H2,1-5H3. The van der Waals surface area contributed by atoms with Crippen LogP contribution in [0.2, 0.25) is 0 Å². The van der Waals surface area contributed by atoms with Gasteiger partial charge in [0.05, 0.1) is 5.41 Å². The predicted molar refractivity (Wildman–Crippen MR) is 97.5 cm³/mol. The fraction of sp³-hybridized carbons (Fsp3) is 0.650. The minimum atomic E-state index is -0.398. The van der Waals surface area contributed by atoms with E-state index in [1.165, 1.54) is 19.3 Å². The first-order valence-electron chi connectivity index (χ1n) is 8.91. The van der Waals surface area contributed by atoms with Gasteiger partial charge in [-0.1, -0.05) is 45.2 Å². The third-order valence-corrected chi connectivity index (χ3v) is 4.16. The van der Waals surface area contributed by atoms with Gasteiger partial charge in [-0.15, -0.1) is 0 Å². The van der Waals surface area contributed by atoms with Crippen LogP contribution in [0.4, 0.5) is 5.69 Å². The Labute approximate surface area is 141 Å². The largest absolute Gasteiger partial charge is 0.460 e. The summed E-state index contributed by atoms with van der Waals surface area (Å²) < 4.78 is 5.46. The zero-order valence-electron chi connectivity index (χ0n) is 15.4. The molecule has 0 spiro atoms. The van der Waals surface area contributed by atoms with E-state index in [0.29, 0.717) is 12.6 Å². The van der Waals surface area contributed by atoms with Crippen LogP contribution >= 0.6 is 0 Å². The third kappa shape index (κ3) is 7.06. The fourth-order valence-electron chi connectivity index (χ4n) is 2.64. The van der Waals surface area contributed by atoms with Gasteiger partial charge in [-0.2, -0.15) is 0 Å². The lowest BCUT2D eigenvalue weighted by Gasteiger charge is -2.21. The highest BCUT2D eigenvalue weighted by Gasteiger charge is 2.28. The molecule has 1 N–H and O–H groups in total. The van der Waals surface area contributed by atoms with E-state index in [9.17, 15) is 4.79 Å². The first-order valence-corrected chi connectivity index (χ1v) is 8.91. The van der Waals surface area contributed by atoms with Crippen molar-refractivity contribution in [2.45, 2.75) is 79.4 Å². The van der Waals surface area contributed by atoms with Crippen LogP contribution in [0.25, 0.3) is 0 Å². The number of nitrogens with one attached hydrogen (secondary N) is 1. The molecule has 3 heteroatoms. The number of esters is 1. The second-order valence-electron chi connectivity index (χ2n) is 7.09. The van der Waals surface area contributed by atoms with E-state index in [1.54, 1.807) is 0 Å². The summed E-state index contributed by atoms with van der Waals surface area (Å²) in [6, 6.07) is 8.64. The minimum Gasteiger partial charge on any atom is -0.460 e. The van der Waals surface area contributed by atoms with Crippen LogP contribution in [-0.2, 0) is 16.1 Å². The zero-order valence-corrected chi connectivity index (χ0v) is 15.4. The molecule has 0 saturated heterocycles. The monoisotopic (exact) mass is 319 g/mol. The molecule has 1 aromatic carbocycles. The quantitative estimate of drug-likeness (QED) is 0.575. The van der Waals surface area contributed by atoms with Gasteiger partial charge in [-0.05, 0) is 51.3 Å². The van der Waals surface area contributed by atoms with Crippen LogP contribution in [0.3, 0.4) is 0 Å². The van der Waals surface area contributed by atoms with Gasteiger partial charge in [0.2, 0.25) is 0 Å². The second kappa shape index (κ2) is 9.59. The molecule has 0 bridgehead atoms. The lowest BCUT2D eigenvalue weighted by atomic mass is 9.88. The second-order valence-corrected chi connectivity index (χ2v) is 7.09. The van der Waals surface area contributed by atoms with E-state index < -0.39 is 5.41 Å². The molecule has 0 aliphatic rings. The number of carbonyl (C=O) groups excluding carboxylic acids is 1. The Balaban J connectivity index is 2.46. The average molecular weight is 319 g/mol. The number of benzene rings is 1. The summed E-state index contributed by atoms with van der Waals surface area (Å²) in [5, 5.41) is 3.50. The van der Waals surface area contributed by atoms with E-state index in [0.717, 1.165) is 24.1 Å². The van der Waals surface area contributed by atoms with Crippen LogP contribution in [0.1, 0.15) is 72.3 Å². The van der Waals surface area contributed by atoms with Crippen molar-refractivity contribution in [3.63, 3.8) is 0 Å². The summed E-state index contributed by atoms with van der Waals surface area (Å²) in [5.41, 5.74) is 1.75. The van der Waals surface area contributed by atoms with Crippen LogP contribution < -0.4 is 5.32 Å². The molecular formula is C20H33NO2. The van der Waals surface area contributed by atoms with E-state index in [2.05, 4.69) is 38.2 Å². The van der Waals surface area contributed by atoms with Gasteiger partial charge in [-0.25, -0.2) is 0 Å². The number of rotatable bonds is 10. The highest BCUT2D eigenvalue weighted by atomic mass is 16.5. The maximum absolute atomic E-state index is 12.1. The molecule has 0 saturated carbocycles. The van der Waals surface area contributed by atoms with Crippen molar-refractivity contribution in [2.24, 2.45) is 5.41 Å². The van der Waals surface area contributed by atoms with Crippen LogP contribution in [0.5, 0.6) is 0 Å². The first-order chi connectivity index (χ1) is 10.9. The molecule has 0 radical (unpaired) electrons. The third-order valence-electron chi connectivity index (χ3n) is 4.16. The van der Waals surface area contributed by atoms with Crippen molar-refractivity contribution >= 4 is 11.7 Å². The van der Waals surface area contributed by atoms with Crippen molar-refractivity contribution in [3.05, 3.63) is 29.8 Å². The topological polar surface area (TPSA) is 38.3 Å². The molecule has 23 heavy (non-hydrogen) atoms. The Morgan fingerprint density at radius 3 is 2.39 bits per heavy atom. The Morgan fingerprint density at radius 1 is 1.17 bits per heavy atom. The molecule has 3 nitrogen and oxygen atoms in total. The SMILES string of the molecule is CCCCC(C)Nc1ccc(COC(=O)C(C)(C)CCC)cc1. The molecule has 1 rings (SSSR count). The molecule has 1 atom stereocenters. The van der Waals surface area contributed by atoms with Crippen LogP contribution in [-0.4, -0.2) is 12.0 Å². The fourth-order valence-corrected chi connectivity index (χ4v) is 2.64. The Bertz CT molecular complexity index is 465. The van der Waals surface area contributed by atoms with E-state index in [4.69, 9.17) is 4.74 Å². The maximum Gasteiger partial charge on any atom is 0.311 e. The summed E-state index contributed by atoms with van der Waals surface area (Å²) >= 11 is 0. The molecule has 0 amide bonds. The number of hydrogen-bond acceptors (Lipinski definition) is 3. The number of carbonyl (C=O) groups is 1. The summed E-state index contributed by atoms with van der Waals surface area (Å²) in [6.45, 7) is 10.7. The van der Waals surface area contributed by atoms with Gasteiger partial charge in [0.15, 0.2) is 0 Å². The van der Waals surface area contributed by atoms with E-state index >= 15 is 0 Å². The Hall–Kier alpha value is -1.51. The van der Waals surface area contributed by atoms with Gasteiger partial charge >= 0.3 is 5.97 Å². The minimum absolute atomic E-state index is 0.116. The molecule has 1 unspecified atom stereocenters. The lowest BCUT2D eigenvalue weighted by Crippen LogP contribution is -2.26. The maximum atomic E-state index is 12.1. The molecule has 130 valence electrons. The number of anilines is 1. The van der Waals surface area contributed by atoms with Gasteiger partial charge in [-0.3, -0.25) is 4.79 Å². The van der Waals surface area contributed by atoms with E-state index in [1.807, 2.05) is 26.0 Å². The first kappa shape index (κ1) is 19.5. The van der Waals surface area contributed by atoms with E-state index in [-0.39, 0.29) is 5.97 Å². The van der Waals surface area contributed by atoms with Crippen molar-refractivity contribution in [1.82, 2.24) is 0 Å². The predicted octanol–water partition coefficient (Wildman–Crippen LogP) is 5.55. The molecule has 0 aromatic heterocycles. The highest BCUT2D eigenvalue weighted by molar-refractivity contribution is 5.75. The summed E-state index contributed by atoms with van der Waals surface area (Å²) in [4.78, 5) is 12.1. The molecule has 0 heterocycles. The van der Waals surface area contributed by atoms with Crippen molar-refractivity contribution in [3.8, 4) is 0 Å². The molecule has 0 aliphatic heterocycles. The highest BCUT2D eigenvalue weighted by Crippen LogP contribution is 2.24. The van der Waals surface area contributed by atoms with Crippen molar-refractivity contribution < 1.29 is 9.53 Å². The summed E-state index contributed by atoms with van der Waals surface area (Å²) in [6.07, 6.45) is 5.49. The van der Waals surface area contributed by atoms with Gasteiger partial charge < -0.3 is 10.1 Å². The number of ether oxygens (including phenoxy) is 1. The van der Waals surface area contributed by atoms with Crippen LogP contribution in [0, 0.1) is 5.41 Å². The summed E-state index contributed by atoms with van der Waals surface area (Å²) in [7, 11) is 0. The number of unbranched alkanes of at least 4 members (excludes halogenated alkanes) is 1. The lowest BCUT2D eigenvalue weighted by molar-refractivity contribution is -0.155. The molecule has 1 aromatic rings.